The van der Waals surface area contributed by atoms with Crippen molar-refractivity contribution >= 4 is 5.69 Å². The first-order valence-electron chi connectivity index (χ1n) is 6.35. The Balaban J connectivity index is 1.87. The first kappa shape index (κ1) is 14.2. The molecule has 0 aliphatic carbocycles. The van der Waals surface area contributed by atoms with Gasteiger partial charge < -0.3 is 10.1 Å². The van der Waals surface area contributed by atoms with Crippen LogP contribution in [0, 0.1) is 0 Å². The van der Waals surface area contributed by atoms with Crippen molar-refractivity contribution in [2.75, 3.05) is 11.9 Å². The average Bonchev–Trinajstić information content (AvgIpc) is 2.66. The molecule has 0 amide bonds. The topological polar surface area (TPSA) is 21.3 Å². The molecule has 1 heterocycles. The molecule has 106 valence electrons. The molecule has 1 aromatic rings. The smallest absolute Gasteiger partial charge is 0.382 e. The van der Waals surface area contributed by atoms with Crippen LogP contribution in [0.5, 0.6) is 0 Å². The second-order valence-electron chi connectivity index (χ2n) is 5.49. The lowest BCUT2D eigenvalue weighted by molar-refractivity contribution is -0.137. The Labute approximate surface area is 111 Å². The standard InChI is InChI=1S/C14H18F3NO/c1-13(2)8-7-12(19-13)9-18-11-5-3-10(4-6-11)14(15,16)17/h3-6,12,18H,7-9H2,1-2H3. The van der Waals surface area contributed by atoms with Gasteiger partial charge in [-0.1, -0.05) is 0 Å². The molecule has 0 radical (unpaired) electrons. The number of ether oxygens (including phenoxy) is 1. The zero-order valence-electron chi connectivity index (χ0n) is 11.1. The van der Waals surface area contributed by atoms with Crippen LogP contribution in [0.25, 0.3) is 0 Å². The van der Waals surface area contributed by atoms with E-state index in [4.69, 9.17) is 4.74 Å². The van der Waals surface area contributed by atoms with E-state index in [1.165, 1.54) is 12.1 Å². The molecule has 1 atom stereocenters. The molecule has 5 heteroatoms. The first-order chi connectivity index (χ1) is 8.76. The zero-order valence-corrected chi connectivity index (χ0v) is 11.1. The van der Waals surface area contributed by atoms with E-state index in [2.05, 4.69) is 5.32 Å². The number of hydrogen-bond donors (Lipinski definition) is 1. The van der Waals surface area contributed by atoms with Gasteiger partial charge in [0.15, 0.2) is 0 Å². The number of rotatable bonds is 3. The second-order valence-corrected chi connectivity index (χ2v) is 5.49. The summed E-state index contributed by atoms with van der Waals surface area (Å²) in [5, 5.41) is 3.11. The van der Waals surface area contributed by atoms with Gasteiger partial charge in [-0.2, -0.15) is 13.2 Å². The summed E-state index contributed by atoms with van der Waals surface area (Å²) in [6.07, 6.45) is -2.18. The van der Waals surface area contributed by atoms with Gasteiger partial charge in [0.05, 0.1) is 17.3 Å². The van der Waals surface area contributed by atoms with Crippen LogP contribution in [0.15, 0.2) is 24.3 Å². The van der Waals surface area contributed by atoms with Gasteiger partial charge in [-0.3, -0.25) is 0 Å². The first-order valence-corrected chi connectivity index (χ1v) is 6.35. The maximum atomic E-state index is 12.4. The largest absolute Gasteiger partial charge is 0.416 e. The third kappa shape index (κ3) is 3.86. The van der Waals surface area contributed by atoms with Gasteiger partial charge in [-0.25, -0.2) is 0 Å². The Kier molecular flexibility index (Phi) is 3.76. The van der Waals surface area contributed by atoms with Crippen LogP contribution < -0.4 is 5.32 Å². The maximum Gasteiger partial charge on any atom is 0.416 e. The number of halogens is 3. The highest BCUT2D eigenvalue weighted by Crippen LogP contribution is 2.31. The van der Waals surface area contributed by atoms with Gasteiger partial charge in [0.1, 0.15) is 0 Å². The van der Waals surface area contributed by atoms with Crippen molar-refractivity contribution in [3.05, 3.63) is 29.8 Å². The van der Waals surface area contributed by atoms with E-state index < -0.39 is 11.7 Å². The molecule has 19 heavy (non-hydrogen) atoms. The molecule has 2 nitrogen and oxygen atoms in total. The van der Waals surface area contributed by atoms with Crippen LogP contribution in [0.4, 0.5) is 18.9 Å². The lowest BCUT2D eigenvalue weighted by atomic mass is 10.1. The highest BCUT2D eigenvalue weighted by atomic mass is 19.4. The van der Waals surface area contributed by atoms with E-state index in [0.717, 1.165) is 25.0 Å². The predicted octanol–water partition coefficient (Wildman–Crippen LogP) is 4.07. The van der Waals surface area contributed by atoms with Crippen molar-refractivity contribution < 1.29 is 17.9 Å². The number of benzene rings is 1. The van der Waals surface area contributed by atoms with Crippen LogP contribution in [0.2, 0.25) is 0 Å². The molecule has 1 saturated heterocycles. The Morgan fingerprint density at radius 1 is 1.26 bits per heavy atom. The monoisotopic (exact) mass is 273 g/mol. The van der Waals surface area contributed by atoms with Crippen LogP contribution in [0.1, 0.15) is 32.3 Å². The summed E-state index contributed by atoms with van der Waals surface area (Å²) >= 11 is 0. The lowest BCUT2D eigenvalue weighted by Crippen LogP contribution is -2.24. The zero-order chi connectivity index (χ0) is 14.1. The third-order valence-electron chi connectivity index (χ3n) is 3.30. The Morgan fingerprint density at radius 2 is 1.89 bits per heavy atom. The summed E-state index contributed by atoms with van der Waals surface area (Å²) in [7, 11) is 0. The van der Waals surface area contributed by atoms with E-state index in [-0.39, 0.29) is 11.7 Å². The molecule has 0 saturated carbocycles. The molecule has 1 aromatic carbocycles. The summed E-state index contributed by atoms with van der Waals surface area (Å²) in [4.78, 5) is 0. The maximum absolute atomic E-state index is 12.4. The minimum absolute atomic E-state index is 0.0908. The van der Waals surface area contributed by atoms with Crippen molar-refractivity contribution in [2.45, 2.75) is 44.6 Å². The van der Waals surface area contributed by atoms with Crippen molar-refractivity contribution in [1.29, 1.82) is 0 Å². The number of alkyl halides is 3. The molecule has 1 fully saturated rings. The molecule has 1 N–H and O–H groups in total. The quantitative estimate of drug-likeness (QED) is 0.896. The van der Waals surface area contributed by atoms with Crippen LogP contribution in [-0.4, -0.2) is 18.2 Å². The summed E-state index contributed by atoms with van der Waals surface area (Å²) in [5.41, 5.74) is -0.0374. The van der Waals surface area contributed by atoms with Gasteiger partial charge in [0, 0.05) is 12.2 Å². The summed E-state index contributed by atoms with van der Waals surface area (Å²) in [6.45, 7) is 4.71. The molecule has 0 bridgehead atoms. The van der Waals surface area contributed by atoms with E-state index >= 15 is 0 Å². The predicted molar refractivity (Wildman–Crippen MR) is 68.1 cm³/mol. The Bertz CT molecular complexity index is 425. The lowest BCUT2D eigenvalue weighted by Gasteiger charge is -2.19. The molecule has 0 spiro atoms. The van der Waals surface area contributed by atoms with Gasteiger partial charge in [0.2, 0.25) is 0 Å². The van der Waals surface area contributed by atoms with Crippen molar-refractivity contribution in [3.8, 4) is 0 Å². The summed E-state index contributed by atoms with van der Waals surface area (Å²) in [5.74, 6) is 0. The van der Waals surface area contributed by atoms with E-state index in [1.54, 1.807) is 0 Å². The SMILES string of the molecule is CC1(C)CCC(CNc2ccc(C(F)(F)F)cc2)O1. The van der Waals surface area contributed by atoms with Gasteiger partial charge in [-0.15, -0.1) is 0 Å². The fourth-order valence-electron chi connectivity index (χ4n) is 2.23. The average molecular weight is 273 g/mol. The van der Waals surface area contributed by atoms with Crippen molar-refractivity contribution in [3.63, 3.8) is 0 Å². The molecular formula is C14H18F3NO. The second kappa shape index (κ2) is 5.04. The highest BCUT2D eigenvalue weighted by Gasteiger charge is 2.32. The molecule has 1 aliphatic heterocycles. The van der Waals surface area contributed by atoms with Gasteiger partial charge >= 0.3 is 6.18 Å². The van der Waals surface area contributed by atoms with Crippen molar-refractivity contribution in [1.82, 2.24) is 0 Å². The normalized spacial score (nSPS) is 22.5. The van der Waals surface area contributed by atoms with E-state index in [9.17, 15) is 13.2 Å². The molecule has 1 unspecified atom stereocenters. The third-order valence-corrected chi connectivity index (χ3v) is 3.30. The van der Waals surface area contributed by atoms with Gasteiger partial charge in [0.25, 0.3) is 0 Å². The van der Waals surface area contributed by atoms with Crippen LogP contribution in [0.3, 0.4) is 0 Å². The molecular weight excluding hydrogens is 255 g/mol. The van der Waals surface area contributed by atoms with E-state index in [0.29, 0.717) is 12.2 Å². The number of nitrogens with one attached hydrogen (secondary N) is 1. The Hall–Kier alpha value is -1.23. The fourth-order valence-corrected chi connectivity index (χ4v) is 2.23. The summed E-state index contributed by atoms with van der Waals surface area (Å²) < 4.78 is 43.0. The van der Waals surface area contributed by atoms with Crippen molar-refractivity contribution in [2.24, 2.45) is 0 Å². The number of hydrogen-bond acceptors (Lipinski definition) is 2. The fraction of sp³-hybridized carbons (Fsp3) is 0.571. The minimum atomic E-state index is -4.28. The van der Waals surface area contributed by atoms with Crippen LogP contribution in [-0.2, 0) is 10.9 Å². The minimum Gasteiger partial charge on any atom is -0.382 e. The molecule has 1 aliphatic rings. The molecule has 0 aromatic heterocycles. The highest BCUT2D eigenvalue weighted by molar-refractivity contribution is 5.45. The Morgan fingerprint density at radius 3 is 2.37 bits per heavy atom. The van der Waals surface area contributed by atoms with Crippen LogP contribution >= 0.6 is 0 Å². The van der Waals surface area contributed by atoms with Gasteiger partial charge in [-0.05, 0) is 51.0 Å². The molecule has 2 rings (SSSR count). The summed E-state index contributed by atoms with van der Waals surface area (Å²) in [6, 6.07) is 5.06. The number of anilines is 1. The van der Waals surface area contributed by atoms with E-state index in [1.807, 2.05) is 13.8 Å².